The second kappa shape index (κ2) is 5.35. The average Bonchev–Trinajstić information content (AvgIpc) is 2.75. The first-order valence-electron chi connectivity index (χ1n) is 5.96. The number of hydrogen-bond donors (Lipinski definition) is 1. The van der Waals surface area contributed by atoms with Gasteiger partial charge >= 0.3 is 0 Å². The quantitative estimate of drug-likeness (QED) is 0.944. The molecule has 19 heavy (non-hydrogen) atoms. The molecule has 0 aliphatic heterocycles. The molecular formula is C14H17BrN2O2. The van der Waals surface area contributed by atoms with Crippen molar-refractivity contribution in [2.24, 2.45) is 7.05 Å². The SMILES string of the molecule is COc1cnn(C)c1C(O)c1cc(C)c(Br)c(C)c1. The van der Waals surface area contributed by atoms with E-state index < -0.39 is 6.10 Å². The predicted molar refractivity (Wildman–Crippen MR) is 77.4 cm³/mol. The lowest BCUT2D eigenvalue weighted by molar-refractivity contribution is 0.204. The number of halogens is 1. The first kappa shape index (κ1) is 14.1. The summed E-state index contributed by atoms with van der Waals surface area (Å²) in [6.07, 6.45) is 0.852. The van der Waals surface area contributed by atoms with Crippen molar-refractivity contribution in [3.05, 3.63) is 45.2 Å². The van der Waals surface area contributed by atoms with Crippen molar-refractivity contribution in [1.29, 1.82) is 0 Å². The zero-order valence-electron chi connectivity index (χ0n) is 11.4. The van der Waals surface area contributed by atoms with Crippen molar-refractivity contribution in [2.75, 3.05) is 7.11 Å². The molecule has 1 N–H and O–H groups in total. The van der Waals surface area contributed by atoms with Gasteiger partial charge in [0.2, 0.25) is 0 Å². The van der Waals surface area contributed by atoms with E-state index in [0.717, 1.165) is 21.2 Å². The van der Waals surface area contributed by atoms with Gasteiger partial charge in [0.05, 0.1) is 13.3 Å². The van der Waals surface area contributed by atoms with Gasteiger partial charge in [0.25, 0.3) is 0 Å². The van der Waals surface area contributed by atoms with Crippen molar-refractivity contribution in [1.82, 2.24) is 9.78 Å². The summed E-state index contributed by atoms with van der Waals surface area (Å²) >= 11 is 3.53. The molecule has 0 saturated heterocycles. The minimum absolute atomic E-state index is 0.591. The maximum absolute atomic E-state index is 10.6. The van der Waals surface area contributed by atoms with Crippen LogP contribution in [0.1, 0.15) is 28.5 Å². The second-order valence-electron chi connectivity index (χ2n) is 4.59. The third kappa shape index (κ3) is 2.53. The second-order valence-corrected chi connectivity index (χ2v) is 5.39. The Balaban J connectivity index is 2.49. The van der Waals surface area contributed by atoms with E-state index in [9.17, 15) is 5.11 Å². The van der Waals surface area contributed by atoms with E-state index >= 15 is 0 Å². The molecule has 1 aromatic carbocycles. The van der Waals surface area contributed by atoms with Crippen LogP contribution in [0.4, 0.5) is 0 Å². The third-order valence-corrected chi connectivity index (χ3v) is 4.45. The molecule has 1 atom stereocenters. The Morgan fingerprint density at radius 1 is 1.32 bits per heavy atom. The summed E-state index contributed by atoms with van der Waals surface area (Å²) in [4.78, 5) is 0. The molecule has 102 valence electrons. The number of rotatable bonds is 3. The van der Waals surface area contributed by atoms with Gasteiger partial charge in [0, 0.05) is 11.5 Å². The lowest BCUT2D eigenvalue weighted by atomic mass is 10.0. The van der Waals surface area contributed by atoms with Gasteiger partial charge in [-0.05, 0) is 30.5 Å². The first-order chi connectivity index (χ1) is 8.95. The summed E-state index contributed by atoms with van der Waals surface area (Å²) in [5.74, 6) is 0.591. The highest BCUT2D eigenvalue weighted by Gasteiger charge is 2.21. The normalized spacial score (nSPS) is 12.5. The smallest absolute Gasteiger partial charge is 0.162 e. The van der Waals surface area contributed by atoms with Gasteiger partial charge in [-0.25, -0.2) is 0 Å². The largest absolute Gasteiger partial charge is 0.493 e. The number of aliphatic hydroxyl groups excluding tert-OH is 1. The van der Waals surface area contributed by atoms with Crippen LogP contribution in [0, 0.1) is 13.8 Å². The van der Waals surface area contributed by atoms with E-state index in [1.54, 1.807) is 25.0 Å². The number of aliphatic hydroxyl groups is 1. The molecule has 0 radical (unpaired) electrons. The fourth-order valence-electron chi connectivity index (χ4n) is 2.19. The fraction of sp³-hybridized carbons (Fsp3) is 0.357. The van der Waals surface area contributed by atoms with Crippen LogP contribution in [-0.4, -0.2) is 22.0 Å². The van der Waals surface area contributed by atoms with E-state index in [2.05, 4.69) is 21.0 Å². The van der Waals surface area contributed by atoms with E-state index in [1.165, 1.54) is 0 Å². The molecule has 0 bridgehead atoms. The molecule has 0 fully saturated rings. The molecule has 0 aliphatic rings. The Morgan fingerprint density at radius 3 is 2.42 bits per heavy atom. The Hall–Kier alpha value is -1.33. The van der Waals surface area contributed by atoms with Gasteiger partial charge in [-0.3, -0.25) is 4.68 Å². The van der Waals surface area contributed by atoms with E-state index in [0.29, 0.717) is 11.4 Å². The number of ether oxygens (including phenoxy) is 1. The fourth-order valence-corrected chi connectivity index (χ4v) is 2.42. The van der Waals surface area contributed by atoms with Crippen LogP contribution in [0.3, 0.4) is 0 Å². The van der Waals surface area contributed by atoms with Crippen LogP contribution in [0.5, 0.6) is 5.75 Å². The van der Waals surface area contributed by atoms with Gasteiger partial charge in [0.1, 0.15) is 11.8 Å². The van der Waals surface area contributed by atoms with Crippen LogP contribution >= 0.6 is 15.9 Å². The Labute approximate surface area is 121 Å². The molecule has 1 aromatic heterocycles. The van der Waals surface area contributed by atoms with E-state index in [4.69, 9.17) is 4.74 Å². The standard InChI is InChI=1S/C14H17BrN2O2/c1-8-5-10(6-9(2)12(8)15)14(18)13-11(19-4)7-16-17(13)3/h5-7,14,18H,1-4H3. The average molecular weight is 325 g/mol. The highest BCUT2D eigenvalue weighted by Crippen LogP contribution is 2.32. The lowest BCUT2D eigenvalue weighted by Gasteiger charge is -2.15. The molecular weight excluding hydrogens is 308 g/mol. The summed E-state index contributed by atoms with van der Waals surface area (Å²) in [5, 5.41) is 14.7. The van der Waals surface area contributed by atoms with Crippen molar-refractivity contribution in [2.45, 2.75) is 20.0 Å². The van der Waals surface area contributed by atoms with E-state index in [1.807, 2.05) is 26.0 Å². The highest BCUT2D eigenvalue weighted by atomic mass is 79.9. The predicted octanol–water partition coefficient (Wildman–Crippen LogP) is 2.89. The Bertz CT molecular complexity index is 584. The van der Waals surface area contributed by atoms with Crippen LogP contribution < -0.4 is 4.74 Å². The van der Waals surface area contributed by atoms with Gasteiger partial charge in [0.15, 0.2) is 5.75 Å². The number of methoxy groups -OCH3 is 1. The molecule has 4 nitrogen and oxygen atoms in total. The monoisotopic (exact) mass is 324 g/mol. The van der Waals surface area contributed by atoms with Crippen molar-refractivity contribution < 1.29 is 9.84 Å². The van der Waals surface area contributed by atoms with Gasteiger partial charge in [-0.2, -0.15) is 5.10 Å². The minimum atomic E-state index is -0.757. The molecule has 0 spiro atoms. The summed E-state index contributed by atoms with van der Waals surface area (Å²) in [6.45, 7) is 4.02. The maximum Gasteiger partial charge on any atom is 0.162 e. The number of hydrogen-bond acceptors (Lipinski definition) is 3. The molecule has 1 unspecified atom stereocenters. The molecule has 2 aromatic rings. The molecule has 1 heterocycles. The van der Waals surface area contributed by atoms with Crippen LogP contribution in [0.15, 0.2) is 22.8 Å². The van der Waals surface area contributed by atoms with Crippen molar-refractivity contribution >= 4 is 15.9 Å². The zero-order valence-corrected chi connectivity index (χ0v) is 13.0. The summed E-state index contributed by atoms with van der Waals surface area (Å²) in [5.41, 5.74) is 3.68. The van der Waals surface area contributed by atoms with Crippen molar-refractivity contribution in [3.8, 4) is 5.75 Å². The maximum atomic E-state index is 10.6. The zero-order chi connectivity index (χ0) is 14.2. The first-order valence-corrected chi connectivity index (χ1v) is 6.75. The lowest BCUT2D eigenvalue weighted by Crippen LogP contribution is -2.08. The van der Waals surface area contributed by atoms with Crippen molar-refractivity contribution in [3.63, 3.8) is 0 Å². The topological polar surface area (TPSA) is 47.3 Å². The van der Waals surface area contributed by atoms with Gasteiger partial charge in [-0.1, -0.05) is 28.1 Å². The van der Waals surface area contributed by atoms with Gasteiger partial charge in [-0.15, -0.1) is 0 Å². The Morgan fingerprint density at radius 2 is 1.89 bits per heavy atom. The molecule has 0 saturated carbocycles. The number of aromatic nitrogens is 2. The number of nitrogens with zero attached hydrogens (tertiary/aromatic N) is 2. The molecule has 2 rings (SSSR count). The highest BCUT2D eigenvalue weighted by molar-refractivity contribution is 9.10. The van der Waals surface area contributed by atoms with Crippen LogP contribution in [0.25, 0.3) is 0 Å². The van der Waals surface area contributed by atoms with E-state index in [-0.39, 0.29) is 0 Å². The molecule has 0 aliphatic carbocycles. The number of aryl methyl sites for hydroxylation is 3. The summed E-state index contributed by atoms with van der Waals surface area (Å²) in [6, 6.07) is 3.93. The van der Waals surface area contributed by atoms with Gasteiger partial charge < -0.3 is 9.84 Å². The summed E-state index contributed by atoms with van der Waals surface area (Å²) in [7, 11) is 3.37. The van der Waals surface area contributed by atoms with Crippen LogP contribution in [0.2, 0.25) is 0 Å². The summed E-state index contributed by atoms with van der Waals surface area (Å²) < 4.78 is 7.95. The molecule has 0 amide bonds. The van der Waals surface area contributed by atoms with Crippen LogP contribution in [-0.2, 0) is 7.05 Å². The molecule has 5 heteroatoms. The Kier molecular flexibility index (Phi) is 3.96. The third-order valence-electron chi connectivity index (χ3n) is 3.20. The minimum Gasteiger partial charge on any atom is -0.493 e. The number of benzene rings is 1.